The largest absolute Gasteiger partial charge is 4.00 e. The van der Waals surface area contributed by atoms with E-state index in [1.807, 2.05) is 0 Å². The first-order valence-electron chi connectivity index (χ1n) is 9.03. The smallest absolute Gasteiger partial charge is 1.00 e. The van der Waals surface area contributed by atoms with E-state index >= 15 is 0 Å². The van der Waals surface area contributed by atoms with Gasteiger partial charge >= 0.3 is 26.2 Å². The summed E-state index contributed by atoms with van der Waals surface area (Å²) in [6, 6.07) is 19.7. The van der Waals surface area contributed by atoms with Crippen molar-refractivity contribution in [3.05, 3.63) is 88.8 Å². The molecule has 0 bridgehead atoms. The Morgan fingerprint density at radius 1 is 1.00 bits per heavy atom. The van der Waals surface area contributed by atoms with Crippen molar-refractivity contribution in [2.75, 3.05) is 0 Å². The summed E-state index contributed by atoms with van der Waals surface area (Å²) in [5.41, 5.74) is 6.04. The van der Waals surface area contributed by atoms with Crippen molar-refractivity contribution >= 4 is 16.8 Å². The number of hydrogen-bond donors (Lipinski definition) is 0. The molecule has 138 valence electrons. The number of fused-ring (bicyclic) bond motifs is 4. The summed E-state index contributed by atoms with van der Waals surface area (Å²) in [5.74, 6) is 2.13. The molecule has 1 unspecified atom stereocenters. The minimum atomic E-state index is 0. The standard InChI is InChI=1S/C13H15.C11H9.2ClH.Zr/c1-3-10(2)12-9-8-11-6-4-5-7-13(11)12;1-2-4-10-8(3-1)7-9-5-6-11(9)10;;;/h4-9,12H,3H2,1-2H3;1-4,7H,5-6H2;2*1H;/q2*-1;;;+4/p-2. The van der Waals surface area contributed by atoms with Crippen LogP contribution in [0.25, 0.3) is 16.8 Å². The van der Waals surface area contributed by atoms with E-state index in [0.29, 0.717) is 5.92 Å². The zero-order valence-corrected chi connectivity index (χ0v) is 19.8. The quantitative estimate of drug-likeness (QED) is 0.474. The van der Waals surface area contributed by atoms with Gasteiger partial charge in [0.05, 0.1) is 0 Å². The maximum atomic E-state index is 2.33. The van der Waals surface area contributed by atoms with Crippen molar-refractivity contribution in [3.63, 3.8) is 0 Å². The Hall–Kier alpha value is -0.747. The Labute approximate surface area is 194 Å². The number of halogens is 2. The molecule has 0 nitrogen and oxygen atoms in total. The molecule has 0 aromatic heterocycles. The zero-order chi connectivity index (χ0) is 16.5. The van der Waals surface area contributed by atoms with E-state index in [1.54, 1.807) is 17.0 Å². The molecule has 0 amide bonds. The topological polar surface area (TPSA) is 0 Å². The molecule has 0 aliphatic heterocycles. The Morgan fingerprint density at radius 3 is 2.41 bits per heavy atom. The molecular weight excluding hydrogens is 450 g/mol. The van der Waals surface area contributed by atoms with Crippen LogP contribution in [-0.2, 0) is 39.0 Å². The molecule has 2 aliphatic rings. The first kappa shape index (κ1) is 24.3. The Bertz CT molecular complexity index is 894. The second-order valence-electron chi connectivity index (χ2n) is 6.90. The first-order valence-corrected chi connectivity index (χ1v) is 9.03. The molecule has 0 radical (unpaired) electrons. The number of benzene rings is 2. The Balaban J connectivity index is 0.000000245. The van der Waals surface area contributed by atoms with Crippen LogP contribution in [-0.4, -0.2) is 0 Å². The van der Waals surface area contributed by atoms with Gasteiger partial charge in [0.15, 0.2) is 0 Å². The van der Waals surface area contributed by atoms with Crippen LogP contribution in [0.5, 0.6) is 0 Å². The average Bonchev–Trinajstić information content (AvgIpc) is 3.14. The van der Waals surface area contributed by atoms with Gasteiger partial charge in [-0.15, -0.1) is 58.2 Å². The predicted molar refractivity (Wildman–Crippen MR) is 104 cm³/mol. The molecule has 0 spiro atoms. The SMILES string of the molecule is CC[C-](C)C1C=Cc2ccccc21.[Cl-].[Cl-].[Zr+4].c1ccc2c3c([cH-]c2c1)CC3. The fraction of sp³-hybridized carbons (Fsp3) is 0.250. The third-order valence-electron chi connectivity index (χ3n) is 5.54. The Morgan fingerprint density at radius 2 is 1.70 bits per heavy atom. The second-order valence-corrected chi connectivity index (χ2v) is 6.90. The van der Waals surface area contributed by atoms with Crippen molar-refractivity contribution in [1.82, 2.24) is 0 Å². The van der Waals surface area contributed by atoms with Crippen molar-refractivity contribution in [2.45, 2.75) is 39.0 Å². The molecule has 0 saturated carbocycles. The summed E-state index contributed by atoms with van der Waals surface area (Å²) >= 11 is 0. The fourth-order valence-corrected chi connectivity index (χ4v) is 3.85. The molecule has 3 aromatic carbocycles. The van der Waals surface area contributed by atoms with Gasteiger partial charge in [0, 0.05) is 0 Å². The monoisotopic (exact) mass is 472 g/mol. The van der Waals surface area contributed by atoms with Gasteiger partial charge in [-0.05, 0) is 5.56 Å². The molecule has 3 heteroatoms. The average molecular weight is 475 g/mol. The summed E-state index contributed by atoms with van der Waals surface area (Å²) in [5, 5.41) is 2.91. The van der Waals surface area contributed by atoms with E-state index in [4.69, 9.17) is 0 Å². The van der Waals surface area contributed by atoms with Gasteiger partial charge in [-0.2, -0.15) is 13.3 Å². The van der Waals surface area contributed by atoms with Gasteiger partial charge in [-0.1, -0.05) is 61.7 Å². The van der Waals surface area contributed by atoms with E-state index in [9.17, 15) is 0 Å². The molecule has 27 heavy (non-hydrogen) atoms. The molecular formula is C24H24Cl2Zr. The minimum Gasteiger partial charge on any atom is -1.00 e. The third-order valence-corrected chi connectivity index (χ3v) is 5.54. The maximum Gasteiger partial charge on any atom is 4.00 e. The maximum absolute atomic E-state index is 2.33. The second kappa shape index (κ2) is 10.7. The van der Waals surface area contributed by atoms with Gasteiger partial charge < -0.3 is 30.7 Å². The van der Waals surface area contributed by atoms with Crippen molar-refractivity contribution in [1.29, 1.82) is 0 Å². The van der Waals surface area contributed by atoms with Crippen LogP contribution in [0.3, 0.4) is 0 Å². The number of hydrogen-bond acceptors (Lipinski definition) is 0. The molecule has 0 N–H and O–H groups in total. The van der Waals surface area contributed by atoms with E-state index in [-0.39, 0.29) is 51.0 Å². The summed E-state index contributed by atoms with van der Waals surface area (Å²) < 4.78 is 0. The molecule has 0 fully saturated rings. The fourth-order valence-electron chi connectivity index (χ4n) is 3.85. The number of aryl methyl sites for hydroxylation is 2. The van der Waals surface area contributed by atoms with E-state index < -0.39 is 0 Å². The van der Waals surface area contributed by atoms with Crippen LogP contribution >= 0.6 is 0 Å². The molecule has 3 aromatic rings. The van der Waals surface area contributed by atoms with Gasteiger partial charge in [-0.3, -0.25) is 0 Å². The van der Waals surface area contributed by atoms with Crippen LogP contribution in [0.15, 0.2) is 60.7 Å². The van der Waals surface area contributed by atoms with Crippen LogP contribution in [0.1, 0.15) is 48.4 Å². The Kier molecular flexibility index (Phi) is 9.63. The van der Waals surface area contributed by atoms with Gasteiger partial charge in [0.2, 0.25) is 0 Å². The van der Waals surface area contributed by atoms with Crippen molar-refractivity contribution in [3.8, 4) is 0 Å². The molecule has 0 heterocycles. The molecule has 5 rings (SSSR count). The van der Waals surface area contributed by atoms with E-state index in [1.165, 1.54) is 41.2 Å². The first-order chi connectivity index (χ1) is 11.8. The minimum absolute atomic E-state index is 0. The zero-order valence-electron chi connectivity index (χ0n) is 15.8. The van der Waals surface area contributed by atoms with Crippen LogP contribution in [0.2, 0.25) is 0 Å². The normalized spacial score (nSPS) is 15.3. The van der Waals surface area contributed by atoms with E-state index in [0.717, 1.165) is 0 Å². The summed E-state index contributed by atoms with van der Waals surface area (Å²) in [4.78, 5) is 0. The summed E-state index contributed by atoms with van der Waals surface area (Å²) in [6.07, 6.45) is 8.30. The van der Waals surface area contributed by atoms with Gasteiger partial charge in [-0.25, -0.2) is 0 Å². The van der Waals surface area contributed by atoms with Gasteiger partial charge in [0.25, 0.3) is 0 Å². The van der Waals surface area contributed by atoms with E-state index in [2.05, 4.69) is 80.6 Å². The molecule has 2 aliphatic carbocycles. The van der Waals surface area contributed by atoms with Crippen molar-refractivity contribution in [2.24, 2.45) is 0 Å². The van der Waals surface area contributed by atoms with Crippen LogP contribution in [0, 0.1) is 5.92 Å². The third kappa shape index (κ3) is 4.81. The van der Waals surface area contributed by atoms with Crippen LogP contribution < -0.4 is 24.8 Å². The predicted octanol–water partition coefficient (Wildman–Crippen LogP) is 0.464. The summed E-state index contributed by atoms with van der Waals surface area (Å²) in [6.45, 7) is 4.47. The summed E-state index contributed by atoms with van der Waals surface area (Å²) in [7, 11) is 0. The molecule has 1 atom stereocenters. The van der Waals surface area contributed by atoms with Gasteiger partial charge in [0.1, 0.15) is 0 Å². The number of rotatable bonds is 2. The number of allylic oxidation sites excluding steroid dienone is 1. The van der Waals surface area contributed by atoms with Crippen molar-refractivity contribution < 1.29 is 51.0 Å². The van der Waals surface area contributed by atoms with Crippen LogP contribution in [0.4, 0.5) is 0 Å². The molecule has 0 saturated heterocycles.